The molecule has 1 rings (SSSR count). The first-order valence-corrected chi connectivity index (χ1v) is 5.66. The van der Waals surface area contributed by atoms with Crippen molar-refractivity contribution in [3.63, 3.8) is 0 Å². The molecule has 0 unspecified atom stereocenters. The zero-order chi connectivity index (χ0) is 11.5. The van der Waals surface area contributed by atoms with Gasteiger partial charge in [-0.05, 0) is 31.9 Å². The Bertz CT molecular complexity index is 313. The number of nitrogens with one attached hydrogen (secondary N) is 1. The fraction of sp³-hybridized carbons (Fsp3) is 0.750. The Morgan fingerprint density at radius 2 is 2.07 bits per heavy atom. The molecule has 0 saturated heterocycles. The molecule has 0 bridgehead atoms. The Balaban J connectivity index is 2.63. The van der Waals surface area contributed by atoms with E-state index in [2.05, 4.69) is 48.9 Å². The minimum Gasteiger partial charge on any atom is -0.316 e. The Hall–Kier alpha value is -0.830. The first kappa shape index (κ1) is 12.2. The van der Waals surface area contributed by atoms with Crippen molar-refractivity contribution in [3.05, 3.63) is 17.5 Å². The number of hydrogen-bond acceptors (Lipinski definition) is 2. The number of rotatable bonds is 5. The third-order valence-electron chi connectivity index (χ3n) is 2.53. The second-order valence-corrected chi connectivity index (χ2v) is 5.03. The summed E-state index contributed by atoms with van der Waals surface area (Å²) in [5.74, 6) is 0. The first-order valence-electron chi connectivity index (χ1n) is 5.66. The lowest BCUT2D eigenvalue weighted by Crippen LogP contribution is -2.33. The van der Waals surface area contributed by atoms with Crippen molar-refractivity contribution < 1.29 is 0 Å². The van der Waals surface area contributed by atoms with Crippen LogP contribution in [0.2, 0.25) is 0 Å². The van der Waals surface area contributed by atoms with E-state index in [9.17, 15) is 0 Å². The molecule has 1 aromatic rings. The zero-order valence-electron chi connectivity index (χ0n) is 10.6. The Morgan fingerprint density at radius 3 is 2.53 bits per heavy atom. The maximum absolute atomic E-state index is 4.49. The molecule has 0 spiro atoms. The van der Waals surface area contributed by atoms with E-state index in [1.54, 1.807) is 0 Å². The quantitative estimate of drug-likeness (QED) is 0.805. The molecule has 0 radical (unpaired) electrons. The maximum atomic E-state index is 4.49. The fourth-order valence-electron chi connectivity index (χ4n) is 1.76. The van der Waals surface area contributed by atoms with Crippen LogP contribution in [0.3, 0.4) is 0 Å². The average molecular weight is 209 g/mol. The highest BCUT2D eigenvalue weighted by Crippen LogP contribution is 2.17. The lowest BCUT2D eigenvalue weighted by molar-refractivity contribution is 0.275. The van der Waals surface area contributed by atoms with Crippen molar-refractivity contribution in [2.45, 2.75) is 41.2 Å². The van der Waals surface area contributed by atoms with Gasteiger partial charge >= 0.3 is 0 Å². The predicted octanol–water partition coefficient (Wildman–Crippen LogP) is 2.14. The summed E-state index contributed by atoms with van der Waals surface area (Å²) in [7, 11) is 0. The highest BCUT2D eigenvalue weighted by Gasteiger charge is 2.19. The van der Waals surface area contributed by atoms with Gasteiger partial charge < -0.3 is 5.32 Å². The second kappa shape index (κ2) is 4.79. The van der Waals surface area contributed by atoms with E-state index in [1.165, 1.54) is 5.69 Å². The van der Waals surface area contributed by atoms with E-state index < -0.39 is 0 Å². The summed E-state index contributed by atoms with van der Waals surface area (Å²) >= 11 is 0. The number of aryl methyl sites for hydroxylation is 2. The van der Waals surface area contributed by atoms with Crippen LogP contribution in [0.1, 0.15) is 32.2 Å². The van der Waals surface area contributed by atoms with Gasteiger partial charge in [-0.25, -0.2) is 0 Å². The topological polar surface area (TPSA) is 29.9 Å². The monoisotopic (exact) mass is 209 g/mol. The maximum Gasteiger partial charge on any atom is 0.0596 e. The Morgan fingerprint density at radius 1 is 1.40 bits per heavy atom. The van der Waals surface area contributed by atoms with Gasteiger partial charge in [0.1, 0.15) is 0 Å². The smallest absolute Gasteiger partial charge is 0.0596 e. The summed E-state index contributed by atoms with van der Waals surface area (Å²) in [6.45, 7) is 13.9. The predicted molar refractivity (Wildman–Crippen MR) is 64.0 cm³/mol. The Labute approximate surface area is 92.9 Å². The second-order valence-electron chi connectivity index (χ2n) is 5.03. The fourth-order valence-corrected chi connectivity index (χ4v) is 1.76. The number of nitrogens with zero attached hydrogens (tertiary/aromatic N) is 2. The summed E-state index contributed by atoms with van der Waals surface area (Å²) in [4.78, 5) is 0. The number of aromatic nitrogens is 2. The van der Waals surface area contributed by atoms with E-state index >= 15 is 0 Å². The van der Waals surface area contributed by atoms with Gasteiger partial charge in [-0.15, -0.1) is 0 Å². The van der Waals surface area contributed by atoms with Gasteiger partial charge in [0, 0.05) is 18.8 Å². The van der Waals surface area contributed by atoms with Crippen LogP contribution in [0.25, 0.3) is 0 Å². The van der Waals surface area contributed by atoms with Crippen LogP contribution < -0.4 is 5.32 Å². The molecule has 0 saturated carbocycles. The molecular weight excluding hydrogens is 186 g/mol. The van der Waals surface area contributed by atoms with Gasteiger partial charge in [0.25, 0.3) is 0 Å². The molecule has 1 aromatic heterocycles. The van der Waals surface area contributed by atoms with E-state index in [-0.39, 0.29) is 5.41 Å². The SMILES string of the molecule is CCNCC(C)(C)Cn1nc(C)cc1C. The van der Waals surface area contributed by atoms with E-state index in [1.807, 2.05) is 6.92 Å². The highest BCUT2D eigenvalue weighted by molar-refractivity contribution is 5.06. The molecule has 3 nitrogen and oxygen atoms in total. The molecule has 86 valence electrons. The summed E-state index contributed by atoms with van der Waals surface area (Å²) < 4.78 is 2.10. The average Bonchev–Trinajstić information content (AvgIpc) is 2.41. The molecule has 15 heavy (non-hydrogen) atoms. The van der Waals surface area contributed by atoms with Crippen molar-refractivity contribution in [1.29, 1.82) is 0 Å². The van der Waals surface area contributed by atoms with Gasteiger partial charge in [-0.3, -0.25) is 4.68 Å². The molecular formula is C12H23N3. The van der Waals surface area contributed by atoms with E-state index in [0.717, 1.165) is 25.3 Å². The lowest BCUT2D eigenvalue weighted by Gasteiger charge is -2.25. The molecule has 1 heterocycles. The minimum absolute atomic E-state index is 0.249. The van der Waals surface area contributed by atoms with Crippen molar-refractivity contribution in [3.8, 4) is 0 Å². The summed E-state index contributed by atoms with van der Waals surface area (Å²) in [6.07, 6.45) is 0. The van der Waals surface area contributed by atoms with Crippen LogP contribution in [0.4, 0.5) is 0 Å². The normalized spacial score (nSPS) is 12.1. The third kappa shape index (κ3) is 3.67. The van der Waals surface area contributed by atoms with Gasteiger partial charge in [0.05, 0.1) is 5.69 Å². The molecule has 0 aliphatic heterocycles. The van der Waals surface area contributed by atoms with Crippen LogP contribution in [0, 0.1) is 19.3 Å². The summed E-state index contributed by atoms with van der Waals surface area (Å²) in [5.41, 5.74) is 2.60. The minimum atomic E-state index is 0.249. The number of hydrogen-bond donors (Lipinski definition) is 1. The third-order valence-corrected chi connectivity index (χ3v) is 2.53. The van der Waals surface area contributed by atoms with Crippen LogP contribution >= 0.6 is 0 Å². The van der Waals surface area contributed by atoms with Crippen LogP contribution in [0.5, 0.6) is 0 Å². The highest BCUT2D eigenvalue weighted by atomic mass is 15.3. The van der Waals surface area contributed by atoms with Crippen molar-refractivity contribution in [2.75, 3.05) is 13.1 Å². The summed E-state index contributed by atoms with van der Waals surface area (Å²) in [5, 5.41) is 7.89. The van der Waals surface area contributed by atoms with Crippen molar-refractivity contribution in [1.82, 2.24) is 15.1 Å². The summed E-state index contributed by atoms with van der Waals surface area (Å²) in [6, 6.07) is 2.13. The van der Waals surface area contributed by atoms with Gasteiger partial charge in [-0.1, -0.05) is 20.8 Å². The Kier molecular flexibility index (Phi) is 3.91. The molecule has 3 heteroatoms. The van der Waals surface area contributed by atoms with Crippen LogP contribution in [-0.2, 0) is 6.54 Å². The van der Waals surface area contributed by atoms with Crippen LogP contribution in [-0.4, -0.2) is 22.9 Å². The molecule has 0 atom stereocenters. The standard InChI is InChI=1S/C12H23N3/c1-6-13-8-12(4,5)9-15-11(3)7-10(2)14-15/h7,13H,6,8-9H2,1-5H3. The first-order chi connectivity index (χ1) is 6.94. The van der Waals surface area contributed by atoms with E-state index in [4.69, 9.17) is 0 Å². The van der Waals surface area contributed by atoms with Gasteiger partial charge in [0.2, 0.25) is 0 Å². The molecule has 0 fully saturated rings. The lowest BCUT2D eigenvalue weighted by atomic mass is 9.93. The van der Waals surface area contributed by atoms with Gasteiger partial charge in [0.15, 0.2) is 0 Å². The van der Waals surface area contributed by atoms with Crippen LogP contribution in [0.15, 0.2) is 6.07 Å². The van der Waals surface area contributed by atoms with Gasteiger partial charge in [-0.2, -0.15) is 5.10 Å². The molecule has 0 amide bonds. The molecule has 0 aromatic carbocycles. The van der Waals surface area contributed by atoms with Crippen molar-refractivity contribution in [2.24, 2.45) is 5.41 Å². The van der Waals surface area contributed by atoms with Crippen molar-refractivity contribution >= 4 is 0 Å². The molecule has 1 N–H and O–H groups in total. The van der Waals surface area contributed by atoms with E-state index in [0.29, 0.717) is 0 Å². The largest absolute Gasteiger partial charge is 0.316 e. The molecule has 0 aliphatic carbocycles. The zero-order valence-corrected chi connectivity index (χ0v) is 10.6. The molecule has 0 aliphatic rings.